The van der Waals surface area contributed by atoms with Gasteiger partial charge in [0.15, 0.2) is 0 Å². The highest BCUT2D eigenvalue weighted by atomic mass is 14.6. The monoisotopic (exact) mass is 175 g/mol. The molecule has 2 N–H and O–H groups in total. The van der Waals surface area contributed by atoms with Crippen LogP contribution in [0.4, 0.5) is 0 Å². The standard InChI is InChI=1S/C12H17N/c1-9-11(8-13)7-6-10-4-2-3-5-12(9)10/h2-5,9,11H,6-8,13H2,1H3. The molecule has 1 heteroatoms. The van der Waals surface area contributed by atoms with Crippen LogP contribution in [0.2, 0.25) is 0 Å². The van der Waals surface area contributed by atoms with Crippen molar-refractivity contribution in [2.45, 2.75) is 25.7 Å². The van der Waals surface area contributed by atoms with Gasteiger partial charge in [-0.05, 0) is 42.3 Å². The average molecular weight is 175 g/mol. The molecule has 0 saturated carbocycles. The molecule has 70 valence electrons. The molecule has 0 aromatic heterocycles. The lowest BCUT2D eigenvalue weighted by Gasteiger charge is -2.30. The first-order valence-corrected chi connectivity index (χ1v) is 5.11. The van der Waals surface area contributed by atoms with Gasteiger partial charge >= 0.3 is 0 Å². The molecular weight excluding hydrogens is 158 g/mol. The maximum atomic E-state index is 5.75. The number of aryl methyl sites for hydroxylation is 1. The molecule has 0 amide bonds. The van der Waals surface area contributed by atoms with E-state index < -0.39 is 0 Å². The SMILES string of the molecule is CC1c2ccccc2CCC1CN. The van der Waals surface area contributed by atoms with Crippen molar-refractivity contribution in [3.63, 3.8) is 0 Å². The lowest BCUT2D eigenvalue weighted by molar-refractivity contribution is 0.400. The number of hydrogen-bond acceptors (Lipinski definition) is 1. The van der Waals surface area contributed by atoms with Crippen LogP contribution in [0.5, 0.6) is 0 Å². The zero-order chi connectivity index (χ0) is 9.26. The van der Waals surface area contributed by atoms with E-state index in [9.17, 15) is 0 Å². The summed E-state index contributed by atoms with van der Waals surface area (Å²) in [6.45, 7) is 3.13. The van der Waals surface area contributed by atoms with Crippen molar-refractivity contribution < 1.29 is 0 Å². The first-order valence-electron chi connectivity index (χ1n) is 5.11. The topological polar surface area (TPSA) is 26.0 Å². The molecule has 2 rings (SSSR count). The van der Waals surface area contributed by atoms with E-state index in [0.717, 1.165) is 6.54 Å². The first-order chi connectivity index (χ1) is 6.33. The molecule has 0 radical (unpaired) electrons. The lowest BCUT2D eigenvalue weighted by Crippen LogP contribution is -2.25. The quantitative estimate of drug-likeness (QED) is 0.696. The lowest BCUT2D eigenvalue weighted by atomic mass is 9.76. The van der Waals surface area contributed by atoms with Crippen LogP contribution in [0.25, 0.3) is 0 Å². The summed E-state index contributed by atoms with van der Waals surface area (Å²) >= 11 is 0. The van der Waals surface area contributed by atoms with Crippen molar-refractivity contribution >= 4 is 0 Å². The van der Waals surface area contributed by atoms with Gasteiger partial charge in [-0.15, -0.1) is 0 Å². The summed E-state index contributed by atoms with van der Waals surface area (Å²) in [4.78, 5) is 0. The fourth-order valence-electron chi connectivity index (χ4n) is 2.37. The summed E-state index contributed by atoms with van der Waals surface area (Å²) in [6.07, 6.45) is 2.47. The minimum absolute atomic E-state index is 0.648. The Hall–Kier alpha value is -0.820. The highest BCUT2D eigenvalue weighted by molar-refractivity contribution is 5.32. The Kier molecular flexibility index (Phi) is 2.36. The zero-order valence-corrected chi connectivity index (χ0v) is 8.16. The van der Waals surface area contributed by atoms with Gasteiger partial charge in [0.2, 0.25) is 0 Å². The molecule has 1 aromatic rings. The zero-order valence-electron chi connectivity index (χ0n) is 8.16. The fraction of sp³-hybridized carbons (Fsp3) is 0.500. The average Bonchev–Trinajstić information content (AvgIpc) is 2.19. The van der Waals surface area contributed by atoms with Crippen LogP contribution < -0.4 is 5.73 Å². The van der Waals surface area contributed by atoms with Crippen LogP contribution in [0, 0.1) is 5.92 Å². The van der Waals surface area contributed by atoms with Gasteiger partial charge in [-0.2, -0.15) is 0 Å². The summed E-state index contributed by atoms with van der Waals surface area (Å²) < 4.78 is 0. The number of rotatable bonds is 1. The summed E-state index contributed by atoms with van der Waals surface area (Å²) in [5, 5.41) is 0. The second-order valence-electron chi connectivity index (χ2n) is 4.02. The van der Waals surface area contributed by atoms with E-state index in [2.05, 4.69) is 31.2 Å². The molecule has 1 aliphatic rings. The second-order valence-corrected chi connectivity index (χ2v) is 4.02. The Bertz CT molecular complexity index is 293. The first kappa shape index (κ1) is 8.76. The van der Waals surface area contributed by atoms with Crippen molar-refractivity contribution in [1.82, 2.24) is 0 Å². The Labute approximate surface area is 80.0 Å². The van der Waals surface area contributed by atoms with Crippen molar-refractivity contribution in [1.29, 1.82) is 0 Å². The van der Waals surface area contributed by atoms with E-state index in [4.69, 9.17) is 5.73 Å². The van der Waals surface area contributed by atoms with Crippen molar-refractivity contribution in [2.24, 2.45) is 11.7 Å². The molecule has 2 atom stereocenters. The third kappa shape index (κ3) is 1.49. The minimum Gasteiger partial charge on any atom is -0.330 e. The van der Waals surface area contributed by atoms with Crippen LogP contribution in [0.3, 0.4) is 0 Å². The molecule has 1 aromatic carbocycles. The van der Waals surface area contributed by atoms with Crippen molar-refractivity contribution in [3.05, 3.63) is 35.4 Å². The number of benzene rings is 1. The van der Waals surface area contributed by atoms with Gasteiger partial charge in [0, 0.05) is 0 Å². The summed E-state index contributed by atoms with van der Waals surface area (Å²) in [7, 11) is 0. The predicted octanol–water partition coefficient (Wildman–Crippen LogP) is 2.31. The Morgan fingerprint density at radius 3 is 2.92 bits per heavy atom. The molecule has 2 unspecified atom stereocenters. The summed E-state index contributed by atoms with van der Waals surface area (Å²) in [5.41, 5.74) is 8.80. The smallest absolute Gasteiger partial charge is 0.00430 e. The molecular formula is C12H17N. The van der Waals surface area contributed by atoms with Crippen molar-refractivity contribution in [2.75, 3.05) is 6.54 Å². The van der Waals surface area contributed by atoms with Gasteiger partial charge in [-0.3, -0.25) is 0 Å². The van der Waals surface area contributed by atoms with Crippen LogP contribution >= 0.6 is 0 Å². The van der Waals surface area contributed by atoms with E-state index in [1.807, 2.05) is 0 Å². The minimum atomic E-state index is 0.648. The molecule has 0 bridgehead atoms. The van der Waals surface area contributed by atoms with E-state index in [-0.39, 0.29) is 0 Å². The van der Waals surface area contributed by atoms with E-state index >= 15 is 0 Å². The Balaban J connectivity index is 2.33. The molecule has 0 fully saturated rings. The van der Waals surface area contributed by atoms with Crippen LogP contribution in [-0.4, -0.2) is 6.54 Å². The number of nitrogens with two attached hydrogens (primary N) is 1. The maximum Gasteiger partial charge on any atom is -0.00430 e. The normalized spacial score (nSPS) is 26.9. The third-order valence-electron chi connectivity index (χ3n) is 3.34. The van der Waals surface area contributed by atoms with Gasteiger partial charge in [-0.1, -0.05) is 31.2 Å². The van der Waals surface area contributed by atoms with Gasteiger partial charge in [0.05, 0.1) is 0 Å². The van der Waals surface area contributed by atoms with Gasteiger partial charge in [0.1, 0.15) is 0 Å². The maximum absolute atomic E-state index is 5.75. The van der Waals surface area contributed by atoms with Gasteiger partial charge in [-0.25, -0.2) is 0 Å². The van der Waals surface area contributed by atoms with Gasteiger partial charge < -0.3 is 5.73 Å². The Morgan fingerprint density at radius 2 is 2.15 bits per heavy atom. The van der Waals surface area contributed by atoms with E-state index in [0.29, 0.717) is 11.8 Å². The highest BCUT2D eigenvalue weighted by Crippen LogP contribution is 2.34. The Morgan fingerprint density at radius 1 is 1.38 bits per heavy atom. The van der Waals surface area contributed by atoms with Crippen molar-refractivity contribution in [3.8, 4) is 0 Å². The molecule has 13 heavy (non-hydrogen) atoms. The highest BCUT2D eigenvalue weighted by Gasteiger charge is 2.24. The fourth-order valence-corrected chi connectivity index (χ4v) is 2.37. The van der Waals surface area contributed by atoms with Crippen LogP contribution in [-0.2, 0) is 6.42 Å². The molecule has 0 heterocycles. The van der Waals surface area contributed by atoms with Crippen LogP contribution in [0.1, 0.15) is 30.4 Å². The predicted molar refractivity (Wildman–Crippen MR) is 55.7 cm³/mol. The number of fused-ring (bicyclic) bond motifs is 1. The molecule has 0 spiro atoms. The van der Waals surface area contributed by atoms with E-state index in [1.165, 1.54) is 24.0 Å². The molecule has 0 saturated heterocycles. The van der Waals surface area contributed by atoms with Crippen LogP contribution in [0.15, 0.2) is 24.3 Å². The number of hydrogen-bond donors (Lipinski definition) is 1. The summed E-state index contributed by atoms with van der Waals surface area (Å²) in [5.74, 6) is 1.34. The van der Waals surface area contributed by atoms with E-state index in [1.54, 1.807) is 0 Å². The second kappa shape index (κ2) is 3.51. The molecule has 1 nitrogen and oxygen atoms in total. The molecule has 0 aliphatic heterocycles. The van der Waals surface area contributed by atoms with Gasteiger partial charge in [0.25, 0.3) is 0 Å². The largest absolute Gasteiger partial charge is 0.330 e. The summed E-state index contributed by atoms with van der Waals surface area (Å²) in [6, 6.07) is 8.77. The molecule has 1 aliphatic carbocycles. The third-order valence-corrected chi connectivity index (χ3v) is 3.34.